The molecule has 1 aliphatic heterocycles. The first-order valence-electron chi connectivity index (χ1n) is 9.57. The molecule has 29 heavy (non-hydrogen) atoms. The number of pyridine rings is 1. The molecule has 0 fully saturated rings. The van der Waals surface area contributed by atoms with E-state index in [1.165, 1.54) is 5.56 Å². The summed E-state index contributed by atoms with van der Waals surface area (Å²) >= 11 is 0. The Balaban J connectivity index is 1.80. The van der Waals surface area contributed by atoms with Crippen molar-refractivity contribution in [3.63, 3.8) is 0 Å². The second kappa shape index (κ2) is 7.06. The molecule has 4 nitrogen and oxygen atoms in total. The first-order chi connectivity index (χ1) is 14.2. The predicted molar refractivity (Wildman–Crippen MR) is 113 cm³/mol. The maximum absolute atomic E-state index is 13.1. The highest BCUT2D eigenvalue weighted by atomic mass is 16.5. The maximum Gasteiger partial charge on any atom is 0.214 e. The molecular formula is C25H19NO3. The van der Waals surface area contributed by atoms with Crippen LogP contribution in [0.2, 0.25) is 0 Å². The van der Waals surface area contributed by atoms with Gasteiger partial charge in [-0.25, -0.2) is 4.98 Å². The smallest absolute Gasteiger partial charge is 0.214 e. The zero-order valence-corrected chi connectivity index (χ0v) is 16.0. The van der Waals surface area contributed by atoms with Crippen molar-refractivity contribution in [3.8, 4) is 22.8 Å². The number of methoxy groups -OCH3 is 1. The number of fused-ring (bicyclic) bond motifs is 6. The fraction of sp³-hybridized carbons (Fsp3) is 0.120. The molecular weight excluding hydrogens is 362 g/mol. The molecule has 3 aromatic carbocycles. The molecule has 0 aliphatic carbocycles. The van der Waals surface area contributed by atoms with Crippen molar-refractivity contribution in [1.82, 2.24) is 4.98 Å². The van der Waals surface area contributed by atoms with E-state index >= 15 is 0 Å². The van der Waals surface area contributed by atoms with E-state index in [1.807, 2.05) is 54.6 Å². The Morgan fingerprint density at radius 3 is 2.62 bits per heavy atom. The van der Waals surface area contributed by atoms with Crippen LogP contribution >= 0.6 is 0 Å². The van der Waals surface area contributed by atoms with Crippen molar-refractivity contribution in [3.05, 3.63) is 89.5 Å². The molecule has 6 bridgehead atoms. The number of aromatic nitrogens is 1. The van der Waals surface area contributed by atoms with Crippen molar-refractivity contribution in [2.24, 2.45) is 0 Å². The summed E-state index contributed by atoms with van der Waals surface area (Å²) in [5.41, 5.74) is 5.28. The molecule has 5 rings (SSSR count). The minimum Gasteiger partial charge on any atom is -0.493 e. The topological polar surface area (TPSA) is 48.4 Å². The maximum atomic E-state index is 13.1. The zero-order valence-electron chi connectivity index (χ0n) is 16.0. The van der Waals surface area contributed by atoms with Crippen molar-refractivity contribution >= 4 is 16.7 Å². The van der Waals surface area contributed by atoms with Gasteiger partial charge in [-0.3, -0.25) is 4.79 Å². The van der Waals surface area contributed by atoms with Gasteiger partial charge in [0.15, 0.2) is 5.78 Å². The molecule has 0 spiro atoms. The lowest BCUT2D eigenvalue weighted by Gasteiger charge is -2.13. The second-order valence-electron chi connectivity index (χ2n) is 7.10. The van der Waals surface area contributed by atoms with Gasteiger partial charge in [0.05, 0.1) is 19.2 Å². The van der Waals surface area contributed by atoms with Gasteiger partial charge in [0.25, 0.3) is 0 Å². The lowest BCUT2D eigenvalue weighted by Crippen LogP contribution is -2.05. The van der Waals surface area contributed by atoms with E-state index in [-0.39, 0.29) is 5.78 Å². The normalized spacial score (nSPS) is 13.1. The molecule has 4 heteroatoms. The minimum absolute atomic E-state index is 0.0371. The Bertz CT molecular complexity index is 1250. The first-order valence-corrected chi connectivity index (χ1v) is 9.57. The number of hydrogen-bond acceptors (Lipinski definition) is 4. The van der Waals surface area contributed by atoms with E-state index in [9.17, 15) is 4.79 Å². The number of carbonyl (C=O) groups is 1. The molecule has 0 unspecified atom stereocenters. The summed E-state index contributed by atoms with van der Waals surface area (Å²) in [6, 6.07) is 23.3. The SMILES string of the molecule is COc1cc2c3cc(ccc3n1)C(=O)c1cccc(c1)OCCc1cccc-2c1. The molecule has 0 saturated heterocycles. The number of hydrogen-bond donors (Lipinski definition) is 0. The highest BCUT2D eigenvalue weighted by Gasteiger charge is 2.15. The lowest BCUT2D eigenvalue weighted by atomic mass is 9.95. The molecule has 1 aromatic heterocycles. The molecule has 0 atom stereocenters. The van der Waals surface area contributed by atoms with Gasteiger partial charge in [-0.05, 0) is 47.0 Å². The first kappa shape index (κ1) is 17.4. The standard InChI is InChI=1S/C25H19NO3/c1-28-24-15-21-17-5-2-4-16(12-17)10-11-29-20-7-3-6-18(13-20)25(27)19-8-9-23(26-24)22(21)14-19/h2-9,12-15H,10-11H2,1H3. The predicted octanol–water partition coefficient (Wildman–Crippen LogP) is 5.08. The summed E-state index contributed by atoms with van der Waals surface area (Å²) < 4.78 is 11.3. The van der Waals surface area contributed by atoms with Gasteiger partial charge in [-0.2, -0.15) is 0 Å². The average molecular weight is 381 g/mol. The zero-order chi connectivity index (χ0) is 19.8. The average Bonchev–Trinajstić information content (AvgIpc) is 2.77. The Hall–Kier alpha value is -3.66. The van der Waals surface area contributed by atoms with E-state index in [2.05, 4.69) is 23.2 Å². The molecule has 0 amide bonds. The second-order valence-corrected chi connectivity index (χ2v) is 7.10. The molecule has 4 aromatic rings. The molecule has 0 N–H and O–H groups in total. The summed E-state index contributed by atoms with van der Waals surface area (Å²) in [4.78, 5) is 17.7. The van der Waals surface area contributed by atoms with Crippen molar-refractivity contribution in [1.29, 1.82) is 0 Å². The van der Waals surface area contributed by atoms with Gasteiger partial charge >= 0.3 is 0 Å². The van der Waals surface area contributed by atoms with Crippen molar-refractivity contribution < 1.29 is 14.3 Å². The molecule has 0 radical (unpaired) electrons. The molecule has 142 valence electrons. The Morgan fingerprint density at radius 1 is 0.897 bits per heavy atom. The van der Waals surface area contributed by atoms with Crippen LogP contribution in [0.25, 0.3) is 22.0 Å². The van der Waals surface area contributed by atoms with E-state index in [0.717, 1.165) is 28.5 Å². The van der Waals surface area contributed by atoms with E-state index in [4.69, 9.17) is 9.47 Å². The summed E-state index contributed by atoms with van der Waals surface area (Å²) in [6.45, 7) is 0.543. The fourth-order valence-corrected chi connectivity index (χ4v) is 3.76. The van der Waals surface area contributed by atoms with Crippen molar-refractivity contribution in [2.45, 2.75) is 6.42 Å². The van der Waals surface area contributed by atoms with Crippen molar-refractivity contribution in [2.75, 3.05) is 13.7 Å². The fourth-order valence-electron chi connectivity index (χ4n) is 3.76. The lowest BCUT2D eigenvalue weighted by molar-refractivity contribution is 0.103. The summed E-state index contributed by atoms with van der Waals surface area (Å²) in [6.07, 6.45) is 0.775. The van der Waals surface area contributed by atoms with Crippen LogP contribution in [-0.2, 0) is 6.42 Å². The van der Waals surface area contributed by atoms with Gasteiger partial charge in [0.2, 0.25) is 5.88 Å². The third kappa shape index (κ3) is 3.23. The number of ether oxygens (including phenoxy) is 2. The number of carbonyl (C=O) groups excluding carboxylic acids is 1. The third-order valence-electron chi connectivity index (χ3n) is 5.25. The largest absolute Gasteiger partial charge is 0.493 e. The van der Waals surface area contributed by atoms with Crippen LogP contribution in [0, 0.1) is 0 Å². The third-order valence-corrected chi connectivity index (χ3v) is 5.25. The Kier molecular flexibility index (Phi) is 4.24. The monoisotopic (exact) mass is 381 g/mol. The van der Waals surface area contributed by atoms with Crippen LogP contribution in [0.15, 0.2) is 72.8 Å². The summed E-state index contributed by atoms with van der Waals surface area (Å²) in [7, 11) is 1.61. The van der Waals surface area contributed by atoms with Crippen LogP contribution in [0.1, 0.15) is 21.5 Å². The molecule has 0 saturated carbocycles. The summed E-state index contributed by atoms with van der Waals surface area (Å²) in [5, 5.41) is 0.929. The van der Waals surface area contributed by atoms with Gasteiger partial charge in [-0.1, -0.05) is 36.4 Å². The van der Waals surface area contributed by atoms with Crippen LogP contribution in [0.3, 0.4) is 0 Å². The Morgan fingerprint density at radius 2 is 1.72 bits per heavy atom. The van der Waals surface area contributed by atoms with E-state index in [1.54, 1.807) is 7.11 Å². The van der Waals surface area contributed by atoms with Crippen LogP contribution in [-0.4, -0.2) is 24.5 Å². The number of benzene rings is 3. The highest BCUT2D eigenvalue weighted by molar-refractivity contribution is 6.11. The minimum atomic E-state index is -0.0371. The molecule has 1 aliphatic rings. The van der Waals surface area contributed by atoms with Gasteiger partial charge < -0.3 is 9.47 Å². The van der Waals surface area contributed by atoms with Gasteiger partial charge in [0.1, 0.15) is 5.75 Å². The number of rotatable bonds is 1. The Labute approximate surface area is 168 Å². The van der Waals surface area contributed by atoms with Gasteiger partial charge in [-0.15, -0.1) is 0 Å². The van der Waals surface area contributed by atoms with Crippen LogP contribution < -0.4 is 9.47 Å². The van der Waals surface area contributed by atoms with Crippen LogP contribution in [0.5, 0.6) is 11.6 Å². The highest BCUT2D eigenvalue weighted by Crippen LogP contribution is 2.33. The van der Waals surface area contributed by atoms with E-state index in [0.29, 0.717) is 29.4 Å². The summed E-state index contributed by atoms with van der Waals surface area (Å²) in [5.74, 6) is 1.22. The van der Waals surface area contributed by atoms with Crippen LogP contribution in [0.4, 0.5) is 0 Å². The van der Waals surface area contributed by atoms with Gasteiger partial charge in [0, 0.05) is 29.0 Å². The molecule has 2 heterocycles. The number of nitrogens with zero attached hydrogens (tertiary/aromatic N) is 1. The van der Waals surface area contributed by atoms with E-state index < -0.39 is 0 Å². The number of ketones is 1. The quantitative estimate of drug-likeness (QED) is 0.462.